The van der Waals surface area contributed by atoms with Gasteiger partial charge in [-0.3, -0.25) is 0 Å². The number of aromatic nitrogens is 1. The first kappa shape index (κ1) is 17.5. The van der Waals surface area contributed by atoms with Crippen molar-refractivity contribution in [3.05, 3.63) is 39.4 Å². The average molecular weight is 336 g/mol. The molecule has 23 heavy (non-hydrogen) atoms. The smallest absolute Gasteiger partial charge is 0.317 e. The summed E-state index contributed by atoms with van der Waals surface area (Å²) in [6, 6.07) is 3.98. The van der Waals surface area contributed by atoms with E-state index in [1.807, 2.05) is 27.1 Å². The summed E-state index contributed by atoms with van der Waals surface area (Å²) in [5, 5.41) is 8.91. The van der Waals surface area contributed by atoms with E-state index in [9.17, 15) is 4.79 Å². The quantitative estimate of drug-likeness (QED) is 0.881. The van der Waals surface area contributed by atoms with Crippen LogP contribution >= 0.6 is 11.3 Å². The molecule has 0 spiro atoms. The first-order chi connectivity index (χ1) is 10.9. The second kappa shape index (κ2) is 7.61. The molecule has 0 aromatic carbocycles. The van der Waals surface area contributed by atoms with Crippen molar-refractivity contribution >= 4 is 17.4 Å². The van der Waals surface area contributed by atoms with Crippen LogP contribution in [0.2, 0.25) is 0 Å². The Morgan fingerprint density at radius 2 is 2.13 bits per heavy atom. The van der Waals surface area contributed by atoms with Crippen molar-refractivity contribution in [3.8, 4) is 0 Å². The molecule has 2 amide bonds. The molecule has 2 aromatic heterocycles. The van der Waals surface area contributed by atoms with Crippen LogP contribution in [0, 0.1) is 13.8 Å². The zero-order valence-corrected chi connectivity index (χ0v) is 15.1. The van der Waals surface area contributed by atoms with E-state index in [4.69, 9.17) is 4.52 Å². The van der Waals surface area contributed by atoms with E-state index in [1.54, 1.807) is 23.3 Å². The highest BCUT2D eigenvalue weighted by molar-refractivity contribution is 7.10. The first-order valence-corrected chi connectivity index (χ1v) is 8.38. The molecule has 6 nitrogen and oxygen atoms in total. The zero-order valence-electron chi connectivity index (χ0n) is 14.3. The van der Waals surface area contributed by atoms with E-state index < -0.39 is 0 Å². The fourth-order valence-corrected chi connectivity index (χ4v) is 3.47. The maximum absolute atomic E-state index is 12.3. The van der Waals surface area contributed by atoms with Crippen molar-refractivity contribution in [3.63, 3.8) is 0 Å². The van der Waals surface area contributed by atoms with Gasteiger partial charge in [-0.05, 0) is 45.0 Å². The number of amides is 2. The Balaban J connectivity index is 1.92. The van der Waals surface area contributed by atoms with Gasteiger partial charge < -0.3 is 19.6 Å². The number of likely N-dealkylation sites (N-methyl/N-ethyl adjacent to an activating group) is 1. The Morgan fingerprint density at radius 1 is 1.39 bits per heavy atom. The lowest BCUT2D eigenvalue weighted by Crippen LogP contribution is -2.41. The third-order valence-electron chi connectivity index (χ3n) is 3.69. The van der Waals surface area contributed by atoms with E-state index in [0.29, 0.717) is 18.8 Å². The van der Waals surface area contributed by atoms with Crippen molar-refractivity contribution in [1.29, 1.82) is 0 Å². The van der Waals surface area contributed by atoms with Crippen LogP contribution in [0.25, 0.3) is 0 Å². The number of thiophene rings is 1. The Kier molecular flexibility index (Phi) is 5.79. The molecule has 0 fully saturated rings. The molecule has 0 radical (unpaired) electrons. The first-order valence-electron chi connectivity index (χ1n) is 7.50. The highest BCUT2D eigenvalue weighted by atomic mass is 32.1. The van der Waals surface area contributed by atoms with E-state index in [1.165, 1.54) is 10.4 Å². The molecule has 2 heterocycles. The number of carbonyl (C=O) groups is 1. The second-order valence-electron chi connectivity index (χ2n) is 5.92. The highest BCUT2D eigenvalue weighted by Crippen LogP contribution is 2.26. The van der Waals surface area contributed by atoms with Crippen LogP contribution in [0.4, 0.5) is 4.79 Å². The number of carbonyl (C=O) groups excluding carboxylic acids is 1. The molecule has 7 heteroatoms. The summed E-state index contributed by atoms with van der Waals surface area (Å²) < 4.78 is 5.15. The maximum Gasteiger partial charge on any atom is 0.317 e. The molecule has 2 rings (SSSR count). The van der Waals surface area contributed by atoms with E-state index in [2.05, 4.69) is 33.7 Å². The third kappa shape index (κ3) is 4.56. The van der Waals surface area contributed by atoms with E-state index in [0.717, 1.165) is 5.69 Å². The fourth-order valence-electron chi connectivity index (χ4n) is 2.35. The fraction of sp³-hybridized carbons (Fsp3) is 0.500. The number of nitrogens with one attached hydrogen (secondary N) is 1. The molecule has 0 saturated heterocycles. The molecule has 1 atom stereocenters. The van der Waals surface area contributed by atoms with Crippen LogP contribution in [-0.4, -0.2) is 48.7 Å². The molecule has 0 aliphatic heterocycles. The van der Waals surface area contributed by atoms with Crippen molar-refractivity contribution in [2.75, 3.05) is 27.7 Å². The lowest BCUT2D eigenvalue weighted by molar-refractivity contribution is 0.195. The van der Waals surface area contributed by atoms with E-state index in [-0.39, 0.29) is 12.1 Å². The normalized spacial score (nSPS) is 12.4. The monoisotopic (exact) mass is 336 g/mol. The van der Waals surface area contributed by atoms with Gasteiger partial charge in [-0.2, -0.15) is 0 Å². The Morgan fingerprint density at radius 3 is 2.65 bits per heavy atom. The van der Waals surface area contributed by atoms with Crippen LogP contribution in [0.1, 0.15) is 27.9 Å². The summed E-state index contributed by atoms with van der Waals surface area (Å²) in [4.78, 5) is 17.3. The molecule has 1 unspecified atom stereocenters. The van der Waals surface area contributed by atoms with Crippen LogP contribution in [-0.2, 0) is 6.54 Å². The average Bonchev–Trinajstić information content (AvgIpc) is 3.08. The minimum absolute atomic E-state index is 0.125. The zero-order chi connectivity index (χ0) is 17.0. The number of aryl methyl sites for hydroxylation is 2. The largest absolute Gasteiger partial charge is 0.359 e. The lowest BCUT2D eigenvalue weighted by atomic mass is 10.1. The molecule has 0 aliphatic carbocycles. The summed E-state index contributed by atoms with van der Waals surface area (Å²) >= 11 is 1.72. The number of urea groups is 1. The van der Waals surface area contributed by atoms with Crippen LogP contribution in [0.5, 0.6) is 0 Å². The topological polar surface area (TPSA) is 61.6 Å². The minimum atomic E-state index is -0.125. The number of nitrogens with zero attached hydrogens (tertiary/aromatic N) is 3. The molecule has 2 aromatic rings. The molecule has 0 aliphatic rings. The van der Waals surface area contributed by atoms with Crippen LogP contribution < -0.4 is 5.32 Å². The summed E-state index contributed by atoms with van der Waals surface area (Å²) in [5.74, 6) is 0.679. The number of hydrogen-bond acceptors (Lipinski definition) is 5. The number of hydrogen-bond donors (Lipinski definition) is 1. The van der Waals surface area contributed by atoms with Gasteiger partial charge in [0.25, 0.3) is 0 Å². The van der Waals surface area contributed by atoms with Gasteiger partial charge in [-0.15, -0.1) is 11.3 Å². The van der Waals surface area contributed by atoms with E-state index >= 15 is 0 Å². The van der Waals surface area contributed by atoms with Crippen LogP contribution in [0.3, 0.4) is 0 Å². The van der Waals surface area contributed by atoms with Gasteiger partial charge in [-0.25, -0.2) is 4.79 Å². The van der Waals surface area contributed by atoms with Crippen LogP contribution in [0.15, 0.2) is 22.0 Å². The summed E-state index contributed by atoms with van der Waals surface area (Å²) in [6.45, 7) is 4.92. The summed E-state index contributed by atoms with van der Waals surface area (Å²) in [7, 11) is 5.79. The standard InChI is InChI=1S/C16H24N4O2S/c1-11-6-7-23-15(11)14(19(3)4)9-17-16(21)20(5)10-13-8-12(2)18-22-13/h6-8,14H,9-10H2,1-5H3,(H,17,21). The SMILES string of the molecule is Cc1cc(CN(C)C(=O)NCC(c2sccc2C)N(C)C)on1. The molecule has 0 saturated carbocycles. The predicted octanol–water partition coefficient (Wildman–Crippen LogP) is 2.80. The van der Waals surface area contributed by atoms with Gasteiger partial charge in [0, 0.05) is 24.5 Å². The molecular weight excluding hydrogens is 312 g/mol. The third-order valence-corrected chi connectivity index (χ3v) is 4.81. The van der Waals surface area contributed by atoms with Crippen molar-refractivity contribution in [1.82, 2.24) is 20.3 Å². The maximum atomic E-state index is 12.3. The van der Waals surface area contributed by atoms with Gasteiger partial charge in [0.2, 0.25) is 0 Å². The molecule has 126 valence electrons. The second-order valence-corrected chi connectivity index (χ2v) is 6.87. The molecule has 0 bridgehead atoms. The Labute approximate surface area is 141 Å². The van der Waals surface area contributed by atoms with Gasteiger partial charge in [0.1, 0.15) is 0 Å². The van der Waals surface area contributed by atoms with Crippen molar-refractivity contribution in [2.45, 2.75) is 26.4 Å². The minimum Gasteiger partial charge on any atom is -0.359 e. The Hall–Kier alpha value is -1.86. The summed E-state index contributed by atoms with van der Waals surface area (Å²) in [6.07, 6.45) is 0. The number of rotatable bonds is 6. The lowest BCUT2D eigenvalue weighted by Gasteiger charge is -2.26. The molecule has 1 N–H and O–H groups in total. The highest BCUT2D eigenvalue weighted by Gasteiger charge is 2.20. The predicted molar refractivity (Wildman–Crippen MR) is 91.6 cm³/mol. The van der Waals surface area contributed by atoms with Gasteiger partial charge in [-0.1, -0.05) is 5.16 Å². The van der Waals surface area contributed by atoms with Crippen molar-refractivity contribution < 1.29 is 9.32 Å². The van der Waals surface area contributed by atoms with Gasteiger partial charge in [0.05, 0.1) is 18.3 Å². The Bertz CT molecular complexity index is 650. The molecular formula is C16H24N4O2S. The van der Waals surface area contributed by atoms with Gasteiger partial charge >= 0.3 is 6.03 Å². The van der Waals surface area contributed by atoms with Crippen molar-refractivity contribution in [2.24, 2.45) is 0 Å². The summed E-state index contributed by atoms with van der Waals surface area (Å²) in [5.41, 5.74) is 2.07. The van der Waals surface area contributed by atoms with Gasteiger partial charge in [0.15, 0.2) is 5.76 Å².